The van der Waals surface area contributed by atoms with Gasteiger partial charge in [0.2, 0.25) is 0 Å². The third-order valence-corrected chi connectivity index (χ3v) is 5.04. The number of ether oxygens (including phenoxy) is 1. The molecule has 6 heteroatoms. The van der Waals surface area contributed by atoms with Gasteiger partial charge in [-0.15, -0.1) is 10.2 Å². The number of benzene rings is 1. The first kappa shape index (κ1) is 16.2. The van der Waals surface area contributed by atoms with E-state index in [1.54, 1.807) is 6.33 Å². The summed E-state index contributed by atoms with van der Waals surface area (Å²) in [7, 11) is 1.97. The van der Waals surface area contributed by atoms with Crippen molar-refractivity contribution in [1.29, 1.82) is 0 Å². The molecule has 2 aromatic rings. The summed E-state index contributed by atoms with van der Waals surface area (Å²) in [4.78, 5) is 11.7. The molecular weight excluding hydrogens is 358 g/mol. The zero-order chi connectivity index (χ0) is 16.4. The van der Waals surface area contributed by atoms with Gasteiger partial charge in [0.05, 0.1) is 12.0 Å². The van der Waals surface area contributed by atoms with Gasteiger partial charge in [0.1, 0.15) is 12.2 Å². The maximum atomic E-state index is 11.7. The van der Waals surface area contributed by atoms with Gasteiger partial charge in [-0.1, -0.05) is 28.1 Å². The summed E-state index contributed by atoms with van der Waals surface area (Å²) >= 11 is 3.55. The summed E-state index contributed by atoms with van der Waals surface area (Å²) in [6.45, 7) is 2.27. The molecule has 0 unspecified atom stereocenters. The summed E-state index contributed by atoms with van der Waals surface area (Å²) < 4.78 is 8.10. The van der Waals surface area contributed by atoms with E-state index < -0.39 is 0 Å². The predicted molar refractivity (Wildman–Crippen MR) is 89.9 cm³/mol. The van der Waals surface area contributed by atoms with Crippen LogP contribution in [0.3, 0.4) is 0 Å². The van der Waals surface area contributed by atoms with Gasteiger partial charge >= 0.3 is 5.97 Å². The van der Waals surface area contributed by atoms with Crippen molar-refractivity contribution < 1.29 is 9.53 Å². The highest BCUT2D eigenvalue weighted by molar-refractivity contribution is 9.10. The molecule has 0 amide bonds. The van der Waals surface area contributed by atoms with Crippen molar-refractivity contribution >= 4 is 21.9 Å². The number of carbonyl (C=O) groups is 1. The van der Waals surface area contributed by atoms with E-state index in [-0.39, 0.29) is 11.4 Å². The fourth-order valence-electron chi connectivity index (χ4n) is 3.58. The van der Waals surface area contributed by atoms with Crippen LogP contribution in [0.2, 0.25) is 0 Å². The Bertz CT molecular complexity index is 707. The van der Waals surface area contributed by atoms with Crippen LogP contribution in [0.15, 0.2) is 35.1 Å². The van der Waals surface area contributed by atoms with Gasteiger partial charge < -0.3 is 9.30 Å². The summed E-state index contributed by atoms with van der Waals surface area (Å²) in [6, 6.07) is 8.31. The first-order chi connectivity index (χ1) is 11.0. The molecule has 1 aliphatic rings. The molecule has 1 aliphatic carbocycles. The highest BCUT2D eigenvalue weighted by Crippen LogP contribution is 2.53. The van der Waals surface area contributed by atoms with E-state index in [1.807, 2.05) is 30.7 Å². The number of nitrogens with zero attached hydrogens (tertiary/aromatic N) is 3. The number of aromatic nitrogens is 3. The Kier molecular flexibility index (Phi) is 4.53. The second-order valence-corrected chi connectivity index (χ2v) is 7.06. The molecule has 1 aromatic heterocycles. The highest BCUT2D eigenvalue weighted by Gasteiger charge is 2.50. The molecule has 0 saturated heterocycles. The standard InChI is InChI=1S/C17H20BrN3O2/c1-3-23-15(22)7-12-9-17(10-12,16-20-19-11-21(16)2)13-5-4-6-14(18)8-13/h4-6,8,11-12H,3,7,9-10H2,1-2H3. The van der Waals surface area contributed by atoms with E-state index in [0.717, 1.165) is 23.1 Å². The van der Waals surface area contributed by atoms with Crippen LogP contribution in [0.5, 0.6) is 0 Å². The Morgan fingerprint density at radius 2 is 2.26 bits per heavy atom. The van der Waals surface area contributed by atoms with Gasteiger partial charge in [-0.25, -0.2) is 0 Å². The van der Waals surface area contributed by atoms with Crippen molar-refractivity contribution in [1.82, 2.24) is 14.8 Å². The number of hydrogen-bond acceptors (Lipinski definition) is 4. The summed E-state index contributed by atoms with van der Waals surface area (Å²) in [6.07, 6.45) is 3.97. The zero-order valence-corrected chi connectivity index (χ0v) is 14.9. The van der Waals surface area contributed by atoms with Gasteiger partial charge in [-0.05, 0) is 43.4 Å². The topological polar surface area (TPSA) is 57.0 Å². The molecule has 23 heavy (non-hydrogen) atoms. The van der Waals surface area contributed by atoms with Crippen molar-refractivity contribution in [2.24, 2.45) is 13.0 Å². The Morgan fingerprint density at radius 3 is 2.87 bits per heavy atom. The number of esters is 1. The molecule has 122 valence electrons. The maximum Gasteiger partial charge on any atom is 0.306 e. The Hall–Kier alpha value is -1.69. The molecule has 3 rings (SSSR count). The number of carbonyl (C=O) groups excluding carboxylic acids is 1. The Labute approximate surface area is 144 Å². The molecule has 0 spiro atoms. The molecule has 1 saturated carbocycles. The van der Waals surface area contributed by atoms with Crippen molar-refractivity contribution in [2.45, 2.75) is 31.6 Å². The lowest BCUT2D eigenvalue weighted by Crippen LogP contribution is -2.45. The first-order valence-electron chi connectivity index (χ1n) is 7.81. The van der Waals surface area contributed by atoms with Crippen LogP contribution in [-0.2, 0) is 22.0 Å². The minimum absolute atomic E-state index is 0.113. The smallest absolute Gasteiger partial charge is 0.306 e. The fraction of sp³-hybridized carbons (Fsp3) is 0.471. The van der Waals surface area contributed by atoms with Crippen molar-refractivity contribution in [3.63, 3.8) is 0 Å². The van der Waals surface area contributed by atoms with E-state index in [9.17, 15) is 4.79 Å². The lowest BCUT2D eigenvalue weighted by molar-refractivity contribution is -0.145. The van der Waals surface area contributed by atoms with Crippen LogP contribution >= 0.6 is 15.9 Å². The monoisotopic (exact) mass is 377 g/mol. The van der Waals surface area contributed by atoms with E-state index >= 15 is 0 Å². The average Bonchev–Trinajstić information content (AvgIpc) is 2.89. The van der Waals surface area contributed by atoms with E-state index in [4.69, 9.17) is 4.74 Å². The zero-order valence-electron chi connectivity index (χ0n) is 13.3. The summed E-state index contributed by atoms with van der Waals surface area (Å²) in [5, 5.41) is 8.39. The van der Waals surface area contributed by atoms with Gasteiger partial charge in [0, 0.05) is 17.9 Å². The minimum Gasteiger partial charge on any atom is -0.466 e. The van der Waals surface area contributed by atoms with Gasteiger partial charge in [0.25, 0.3) is 0 Å². The van der Waals surface area contributed by atoms with Crippen LogP contribution in [-0.4, -0.2) is 27.3 Å². The number of aryl methyl sites for hydroxylation is 1. The molecule has 1 heterocycles. The molecule has 0 aliphatic heterocycles. The number of rotatable bonds is 5. The molecule has 0 bridgehead atoms. The number of halogens is 1. The summed E-state index contributed by atoms with van der Waals surface area (Å²) in [5.41, 5.74) is 1.04. The lowest BCUT2D eigenvalue weighted by Gasteiger charge is -2.47. The third kappa shape index (κ3) is 3.04. The SMILES string of the molecule is CCOC(=O)CC1CC(c2cccc(Br)c2)(c2nncn2C)C1. The predicted octanol–water partition coefficient (Wildman–Crippen LogP) is 3.23. The average molecular weight is 378 g/mol. The number of hydrogen-bond donors (Lipinski definition) is 0. The Balaban J connectivity index is 1.87. The molecule has 1 aromatic carbocycles. The largest absolute Gasteiger partial charge is 0.466 e. The van der Waals surface area contributed by atoms with Crippen LogP contribution < -0.4 is 0 Å². The molecule has 0 N–H and O–H groups in total. The molecule has 0 atom stereocenters. The van der Waals surface area contributed by atoms with E-state index in [0.29, 0.717) is 18.9 Å². The first-order valence-corrected chi connectivity index (χ1v) is 8.60. The van der Waals surface area contributed by atoms with Crippen LogP contribution in [0.1, 0.15) is 37.6 Å². The van der Waals surface area contributed by atoms with E-state index in [2.05, 4.69) is 38.3 Å². The van der Waals surface area contributed by atoms with Crippen molar-refractivity contribution in [2.75, 3.05) is 6.61 Å². The van der Waals surface area contributed by atoms with Gasteiger partial charge in [-0.3, -0.25) is 4.79 Å². The van der Waals surface area contributed by atoms with Crippen LogP contribution in [0, 0.1) is 5.92 Å². The molecule has 0 radical (unpaired) electrons. The quantitative estimate of drug-likeness (QED) is 0.750. The highest BCUT2D eigenvalue weighted by atomic mass is 79.9. The van der Waals surface area contributed by atoms with E-state index in [1.165, 1.54) is 5.56 Å². The third-order valence-electron chi connectivity index (χ3n) is 4.55. The van der Waals surface area contributed by atoms with Gasteiger partial charge in [0.15, 0.2) is 0 Å². The maximum absolute atomic E-state index is 11.7. The second kappa shape index (κ2) is 6.43. The normalized spacial score (nSPS) is 23.3. The lowest BCUT2D eigenvalue weighted by atomic mass is 9.57. The Morgan fingerprint density at radius 1 is 1.48 bits per heavy atom. The minimum atomic E-state index is -0.174. The van der Waals surface area contributed by atoms with Crippen molar-refractivity contribution in [3.8, 4) is 0 Å². The van der Waals surface area contributed by atoms with Crippen molar-refractivity contribution in [3.05, 3.63) is 46.5 Å². The summed E-state index contributed by atoms with van der Waals surface area (Å²) in [5.74, 6) is 1.17. The second-order valence-electron chi connectivity index (χ2n) is 6.14. The van der Waals surface area contributed by atoms with Gasteiger partial charge in [-0.2, -0.15) is 0 Å². The molecule has 1 fully saturated rings. The molecule has 5 nitrogen and oxygen atoms in total. The molecular formula is C17H20BrN3O2. The van der Waals surface area contributed by atoms with Crippen LogP contribution in [0.4, 0.5) is 0 Å². The van der Waals surface area contributed by atoms with Crippen LogP contribution in [0.25, 0.3) is 0 Å². The fourth-order valence-corrected chi connectivity index (χ4v) is 3.98.